The molecule has 1 fully saturated rings. The van der Waals surface area contributed by atoms with E-state index < -0.39 is 0 Å². The molecule has 0 saturated carbocycles. The minimum Gasteiger partial charge on any atom is -0.347 e. The van der Waals surface area contributed by atoms with Crippen molar-refractivity contribution in [3.05, 3.63) is 83.9 Å². The third kappa shape index (κ3) is 4.78. The maximum absolute atomic E-state index is 12.1. The molecule has 0 bridgehead atoms. The number of allylic oxidation sites excluding steroid dienone is 1. The smallest absolute Gasteiger partial charge is 0.251 e. The van der Waals surface area contributed by atoms with E-state index in [2.05, 4.69) is 17.4 Å². The number of carbonyl (C=O) groups is 1. The van der Waals surface area contributed by atoms with E-state index in [1.807, 2.05) is 48.6 Å². The van der Waals surface area contributed by atoms with Crippen molar-refractivity contribution in [3.63, 3.8) is 0 Å². The van der Waals surface area contributed by atoms with Crippen molar-refractivity contribution in [2.24, 2.45) is 0 Å². The van der Waals surface area contributed by atoms with E-state index in [4.69, 9.17) is 9.47 Å². The fourth-order valence-electron chi connectivity index (χ4n) is 2.50. The van der Waals surface area contributed by atoms with Gasteiger partial charge in [-0.15, -0.1) is 0 Å². The zero-order chi connectivity index (χ0) is 16.6. The molecule has 24 heavy (non-hydrogen) atoms. The number of hydrogen-bond donors (Lipinski definition) is 1. The largest absolute Gasteiger partial charge is 0.347 e. The van der Waals surface area contributed by atoms with E-state index in [-0.39, 0.29) is 18.2 Å². The highest BCUT2D eigenvalue weighted by molar-refractivity contribution is 5.94. The van der Waals surface area contributed by atoms with Gasteiger partial charge in [-0.3, -0.25) is 4.79 Å². The van der Waals surface area contributed by atoms with E-state index >= 15 is 0 Å². The molecular weight excluding hydrogens is 302 g/mol. The summed E-state index contributed by atoms with van der Waals surface area (Å²) in [5.41, 5.74) is 1.89. The van der Waals surface area contributed by atoms with Crippen molar-refractivity contribution < 1.29 is 14.3 Å². The van der Waals surface area contributed by atoms with Crippen LogP contribution in [0, 0.1) is 0 Å². The predicted octanol–water partition coefficient (Wildman–Crippen LogP) is 2.96. The van der Waals surface area contributed by atoms with Gasteiger partial charge in [-0.05, 0) is 30.2 Å². The second kappa shape index (κ2) is 8.43. The summed E-state index contributed by atoms with van der Waals surface area (Å²) in [5.74, 6) is -0.106. The number of benzene rings is 2. The lowest BCUT2D eigenvalue weighted by Gasteiger charge is -2.28. The lowest BCUT2D eigenvalue weighted by Crippen LogP contribution is -2.46. The van der Waals surface area contributed by atoms with Crippen molar-refractivity contribution in [1.29, 1.82) is 0 Å². The van der Waals surface area contributed by atoms with Crippen LogP contribution in [0.3, 0.4) is 0 Å². The van der Waals surface area contributed by atoms with E-state index in [1.54, 1.807) is 12.1 Å². The van der Waals surface area contributed by atoms with Gasteiger partial charge in [-0.1, -0.05) is 54.6 Å². The molecule has 1 aliphatic rings. The highest BCUT2D eigenvalue weighted by atomic mass is 16.7. The Morgan fingerprint density at radius 1 is 1.00 bits per heavy atom. The Bertz CT molecular complexity index is 662. The summed E-state index contributed by atoms with van der Waals surface area (Å²) in [6.45, 7) is 0.887. The number of ether oxygens (including phenoxy) is 2. The Balaban J connectivity index is 1.42. The molecule has 2 aromatic rings. The summed E-state index contributed by atoms with van der Waals surface area (Å²) in [6, 6.07) is 19.2. The first-order valence-electron chi connectivity index (χ1n) is 8.11. The quantitative estimate of drug-likeness (QED) is 0.861. The second-order valence-corrected chi connectivity index (χ2v) is 5.69. The minimum absolute atomic E-state index is 0.106. The normalized spacial score (nSPS) is 20.8. The van der Waals surface area contributed by atoms with E-state index in [0.29, 0.717) is 18.8 Å². The highest BCUT2D eigenvalue weighted by Gasteiger charge is 2.22. The summed E-state index contributed by atoms with van der Waals surface area (Å²) in [4.78, 5) is 12.1. The summed E-state index contributed by atoms with van der Waals surface area (Å²) >= 11 is 0. The number of amides is 1. The molecule has 0 atom stereocenters. The van der Waals surface area contributed by atoms with Gasteiger partial charge in [-0.25, -0.2) is 0 Å². The molecule has 0 aliphatic carbocycles. The molecule has 0 unspecified atom stereocenters. The molecule has 1 N–H and O–H groups in total. The fraction of sp³-hybridized carbons (Fsp3) is 0.250. The Labute approximate surface area is 142 Å². The van der Waals surface area contributed by atoms with Crippen molar-refractivity contribution >= 4 is 5.91 Å². The number of rotatable bonds is 5. The monoisotopic (exact) mass is 323 g/mol. The number of carbonyl (C=O) groups excluding carboxylic acids is 1. The minimum atomic E-state index is -0.349. The third-order valence-electron chi connectivity index (χ3n) is 3.78. The molecule has 0 aromatic heterocycles. The molecule has 124 valence electrons. The van der Waals surface area contributed by atoms with Crippen LogP contribution in [-0.2, 0) is 15.9 Å². The molecule has 0 spiro atoms. The molecule has 0 radical (unpaired) electrons. The Morgan fingerprint density at radius 3 is 2.29 bits per heavy atom. The van der Waals surface area contributed by atoms with Crippen LogP contribution in [0.25, 0.3) is 0 Å². The molecule has 4 heteroatoms. The molecule has 1 heterocycles. The molecule has 1 aliphatic heterocycles. The SMILES string of the molecule is O=C(NC1COC(C=CCc2ccccc2)OC1)c1ccccc1. The van der Waals surface area contributed by atoms with Gasteiger partial charge in [0.25, 0.3) is 5.91 Å². The average molecular weight is 323 g/mol. The van der Waals surface area contributed by atoms with Crippen LogP contribution in [0.1, 0.15) is 15.9 Å². The maximum Gasteiger partial charge on any atom is 0.251 e. The fourth-order valence-corrected chi connectivity index (χ4v) is 2.50. The summed E-state index contributed by atoms with van der Waals surface area (Å²) < 4.78 is 11.3. The predicted molar refractivity (Wildman–Crippen MR) is 92.7 cm³/mol. The molecule has 2 aromatic carbocycles. The van der Waals surface area contributed by atoms with Gasteiger partial charge < -0.3 is 14.8 Å². The molecule has 3 rings (SSSR count). The Kier molecular flexibility index (Phi) is 5.77. The van der Waals surface area contributed by atoms with Gasteiger partial charge in [0, 0.05) is 5.56 Å². The Hall–Kier alpha value is -2.43. The van der Waals surface area contributed by atoms with Crippen LogP contribution >= 0.6 is 0 Å². The van der Waals surface area contributed by atoms with Gasteiger partial charge in [0.2, 0.25) is 0 Å². The van der Waals surface area contributed by atoms with Gasteiger partial charge in [0.1, 0.15) is 0 Å². The Morgan fingerprint density at radius 2 is 1.62 bits per heavy atom. The van der Waals surface area contributed by atoms with E-state index in [0.717, 1.165) is 6.42 Å². The van der Waals surface area contributed by atoms with Gasteiger partial charge in [-0.2, -0.15) is 0 Å². The first kappa shape index (κ1) is 16.4. The van der Waals surface area contributed by atoms with Gasteiger partial charge >= 0.3 is 0 Å². The van der Waals surface area contributed by atoms with Crippen LogP contribution in [0.4, 0.5) is 0 Å². The maximum atomic E-state index is 12.1. The molecule has 4 nitrogen and oxygen atoms in total. The standard InChI is InChI=1S/C20H21NO3/c22-20(17-11-5-2-6-12-17)21-18-14-23-19(24-15-18)13-7-10-16-8-3-1-4-9-16/h1-9,11-13,18-19H,10,14-15H2,(H,21,22). The van der Waals surface area contributed by atoms with E-state index in [1.165, 1.54) is 5.56 Å². The zero-order valence-corrected chi connectivity index (χ0v) is 13.4. The molecule has 1 saturated heterocycles. The zero-order valence-electron chi connectivity index (χ0n) is 13.4. The van der Waals surface area contributed by atoms with E-state index in [9.17, 15) is 4.79 Å². The summed E-state index contributed by atoms with van der Waals surface area (Å²) in [5, 5.41) is 2.92. The van der Waals surface area contributed by atoms with Crippen molar-refractivity contribution in [1.82, 2.24) is 5.32 Å². The second-order valence-electron chi connectivity index (χ2n) is 5.69. The van der Waals surface area contributed by atoms with Crippen LogP contribution in [0.2, 0.25) is 0 Å². The van der Waals surface area contributed by atoms with Gasteiger partial charge in [0.05, 0.1) is 19.3 Å². The molecular formula is C20H21NO3. The van der Waals surface area contributed by atoms with Crippen molar-refractivity contribution in [3.8, 4) is 0 Å². The van der Waals surface area contributed by atoms with Crippen LogP contribution < -0.4 is 5.32 Å². The van der Waals surface area contributed by atoms with Gasteiger partial charge in [0.15, 0.2) is 6.29 Å². The number of hydrogen-bond acceptors (Lipinski definition) is 3. The third-order valence-corrected chi connectivity index (χ3v) is 3.78. The van der Waals surface area contributed by atoms with Crippen molar-refractivity contribution in [2.75, 3.05) is 13.2 Å². The lowest BCUT2D eigenvalue weighted by atomic mass is 10.1. The first-order valence-corrected chi connectivity index (χ1v) is 8.11. The summed E-state index contributed by atoms with van der Waals surface area (Å²) in [7, 11) is 0. The summed E-state index contributed by atoms with van der Waals surface area (Å²) in [6.07, 6.45) is 4.46. The first-order chi connectivity index (χ1) is 11.8. The number of nitrogens with one attached hydrogen (secondary N) is 1. The van der Waals surface area contributed by atoms with Crippen molar-refractivity contribution in [2.45, 2.75) is 18.8 Å². The van der Waals surface area contributed by atoms with Crippen LogP contribution in [0.15, 0.2) is 72.8 Å². The topological polar surface area (TPSA) is 47.6 Å². The molecule has 1 amide bonds. The average Bonchev–Trinajstić information content (AvgIpc) is 2.65. The lowest BCUT2D eigenvalue weighted by molar-refractivity contribution is -0.161. The highest BCUT2D eigenvalue weighted by Crippen LogP contribution is 2.09. The van der Waals surface area contributed by atoms with Crippen LogP contribution in [0.5, 0.6) is 0 Å². The van der Waals surface area contributed by atoms with Crippen LogP contribution in [-0.4, -0.2) is 31.5 Å².